The first kappa shape index (κ1) is 16.2. The number of anilines is 1. The van der Waals surface area contributed by atoms with Crippen molar-refractivity contribution >= 4 is 34.5 Å². The van der Waals surface area contributed by atoms with Crippen molar-refractivity contribution < 1.29 is 9.53 Å². The second kappa shape index (κ2) is 7.26. The Hall–Kier alpha value is -2.68. The first-order valence-corrected chi connectivity index (χ1v) is 8.32. The Morgan fingerprint density at radius 1 is 1.33 bits per heavy atom. The quantitative estimate of drug-likeness (QED) is 0.539. The van der Waals surface area contributed by atoms with Gasteiger partial charge in [0.1, 0.15) is 17.1 Å². The molecular weight excluding hydrogens is 328 g/mol. The van der Waals surface area contributed by atoms with Crippen molar-refractivity contribution in [1.29, 1.82) is 0 Å². The van der Waals surface area contributed by atoms with Crippen LogP contribution in [0, 0.1) is 0 Å². The SMILES string of the molecule is CCOc1ccccc1NC(=O)CSc1ncnc2c1nnn2C. The molecule has 0 spiro atoms. The summed E-state index contributed by atoms with van der Waals surface area (Å²) < 4.78 is 7.07. The molecule has 8 nitrogen and oxygen atoms in total. The van der Waals surface area contributed by atoms with Crippen LogP contribution < -0.4 is 10.1 Å². The van der Waals surface area contributed by atoms with E-state index in [-0.39, 0.29) is 11.7 Å². The van der Waals surface area contributed by atoms with Crippen LogP contribution in [-0.4, -0.2) is 43.2 Å². The third-order valence-electron chi connectivity index (χ3n) is 3.16. The van der Waals surface area contributed by atoms with Gasteiger partial charge in [-0.05, 0) is 19.1 Å². The third kappa shape index (κ3) is 3.46. The van der Waals surface area contributed by atoms with Crippen LogP contribution in [-0.2, 0) is 11.8 Å². The van der Waals surface area contributed by atoms with Crippen molar-refractivity contribution in [3.8, 4) is 5.75 Å². The predicted octanol–water partition coefficient (Wildman–Crippen LogP) is 1.89. The van der Waals surface area contributed by atoms with Gasteiger partial charge in [0.2, 0.25) is 5.91 Å². The summed E-state index contributed by atoms with van der Waals surface area (Å²) in [5.41, 5.74) is 1.87. The minimum absolute atomic E-state index is 0.150. The van der Waals surface area contributed by atoms with Crippen LogP contribution in [0.1, 0.15) is 6.92 Å². The fraction of sp³-hybridized carbons (Fsp3) is 0.267. The van der Waals surface area contributed by atoms with Gasteiger partial charge < -0.3 is 10.1 Å². The largest absolute Gasteiger partial charge is 0.492 e. The van der Waals surface area contributed by atoms with Crippen molar-refractivity contribution in [2.75, 3.05) is 17.7 Å². The van der Waals surface area contributed by atoms with Crippen LogP contribution in [0.25, 0.3) is 11.2 Å². The van der Waals surface area contributed by atoms with E-state index in [0.29, 0.717) is 34.2 Å². The molecule has 24 heavy (non-hydrogen) atoms. The molecule has 0 saturated carbocycles. The molecule has 0 bridgehead atoms. The van der Waals surface area contributed by atoms with E-state index in [1.807, 2.05) is 25.1 Å². The molecule has 2 heterocycles. The van der Waals surface area contributed by atoms with E-state index in [1.54, 1.807) is 17.8 Å². The average Bonchev–Trinajstić information content (AvgIpc) is 2.97. The van der Waals surface area contributed by atoms with Gasteiger partial charge in [0.05, 0.1) is 18.0 Å². The zero-order chi connectivity index (χ0) is 16.9. The van der Waals surface area contributed by atoms with Crippen LogP contribution in [0.5, 0.6) is 5.75 Å². The van der Waals surface area contributed by atoms with E-state index >= 15 is 0 Å². The lowest BCUT2D eigenvalue weighted by atomic mass is 10.3. The van der Waals surface area contributed by atoms with E-state index in [1.165, 1.54) is 18.1 Å². The summed E-state index contributed by atoms with van der Waals surface area (Å²) in [7, 11) is 1.76. The van der Waals surface area contributed by atoms with Gasteiger partial charge in [-0.1, -0.05) is 29.1 Å². The highest BCUT2D eigenvalue weighted by Crippen LogP contribution is 2.25. The Balaban J connectivity index is 1.67. The molecule has 1 amide bonds. The number of aryl methyl sites for hydroxylation is 1. The molecule has 0 aliphatic carbocycles. The maximum atomic E-state index is 12.2. The zero-order valence-corrected chi connectivity index (χ0v) is 14.1. The number of para-hydroxylation sites is 2. The van der Waals surface area contributed by atoms with Gasteiger partial charge in [0.25, 0.3) is 0 Å². The number of rotatable bonds is 6. The molecule has 0 unspecified atom stereocenters. The maximum absolute atomic E-state index is 12.2. The monoisotopic (exact) mass is 344 g/mol. The van der Waals surface area contributed by atoms with Gasteiger partial charge in [-0.2, -0.15) is 0 Å². The summed E-state index contributed by atoms with van der Waals surface area (Å²) in [6, 6.07) is 7.33. The van der Waals surface area contributed by atoms with E-state index < -0.39 is 0 Å². The van der Waals surface area contributed by atoms with E-state index in [9.17, 15) is 4.79 Å². The number of nitrogens with zero attached hydrogens (tertiary/aromatic N) is 5. The molecule has 0 atom stereocenters. The second-order valence-corrected chi connectivity index (χ2v) is 5.79. The molecule has 0 saturated heterocycles. The Kier molecular flexibility index (Phi) is 4.90. The van der Waals surface area contributed by atoms with Crippen molar-refractivity contribution in [1.82, 2.24) is 25.0 Å². The molecule has 9 heteroatoms. The van der Waals surface area contributed by atoms with E-state index in [4.69, 9.17) is 4.74 Å². The first-order chi connectivity index (χ1) is 11.7. The van der Waals surface area contributed by atoms with Gasteiger partial charge in [-0.3, -0.25) is 4.79 Å². The normalized spacial score (nSPS) is 10.8. The summed E-state index contributed by atoms with van der Waals surface area (Å²) in [4.78, 5) is 20.5. The molecular formula is C15H16N6O2S. The molecule has 124 valence electrons. The minimum Gasteiger partial charge on any atom is -0.492 e. The summed E-state index contributed by atoms with van der Waals surface area (Å²) in [5.74, 6) is 0.697. The fourth-order valence-corrected chi connectivity index (χ4v) is 2.84. The number of fused-ring (bicyclic) bond motifs is 1. The molecule has 0 fully saturated rings. The number of aromatic nitrogens is 5. The number of nitrogens with one attached hydrogen (secondary N) is 1. The average molecular weight is 344 g/mol. The fourth-order valence-electron chi connectivity index (χ4n) is 2.11. The summed E-state index contributed by atoms with van der Waals surface area (Å²) in [6.07, 6.45) is 1.44. The Labute approximate surface area is 142 Å². The molecule has 1 aromatic carbocycles. The van der Waals surface area contributed by atoms with Crippen LogP contribution >= 0.6 is 11.8 Å². The van der Waals surface area contributed by atoms with Gasteiger partial charge in [-0.25, -0.2) is 14.6 Å². The highest BCUT2D eigenvalue weighted by molar-refractivity contribution is 8.00. The molecule has 3 aromatic rings. The van der Waals surface area contributed by atoms with Crippen molar-refractivity contribution in [3.05, 3.63) is 30.6 Å². The number of amides is 1. The summed E-state index contributed by atoms with van der Waals surface area (Å²) in [5, 5.41) is 11.4. The number of hydrogen-bond donors (Lipinski definition) is 1. The second-order valence-electron chi connectivity index (χ2n) is 4.83. The summed E-state index contributed by atoms with van der Waals surface area (Å²) in [6.45, 7) is 2.43. The Bertz CT molecular complexity index is 866. The number of hydrogen-bond acceptors (Lipinski definition) is 7. The van der Waals surface area contributed by atoms with Crippen LogP contribution in [0.3, 0.4) is 0 Å². The standard InChI is InChI=1S/C15H16N6O2S/c1-3-23-11-7-5-4-6-10(11)18-12(22)8-24-15-13-14(16-9-17-15)21(2)20-19-13/h4-7,9H,3,8H2,1-2H3,(H,18,22). The third-order valence-corrected chi connectivity index (χ3v) is 4.13. The maximum Gasteiger partial charge on any atom is 0.234 e. The highest BCUT2D eigenvalue weighted by atomic mass is 32.2. The van der Waals surface area contributed by atoms with Gasteiger partial charge in [0.15, 0.2) is 11.2 Å². The van der Waals surface area contributed by atoms with Crippen molar-refractivity contribution in [3.63, 3.8) is 0 Å². The number of carbonyl (C=O) groups is 1. The lowest BCUT2D eigenvalue weighted by molar-refractivity contribution is -0.113. The molecule has 0 radical (unpaired) electrons. The topological polar surface area (TPSA) is 94.8 Å². The number of thioether (sulfide) groups is 1. The molecule has 0 aliphatic rings. The van der Waals surface area contributed by atoms with Gasteiger partial charge in [-0.15, -0.1) is 5.10 Å². The molecule has 2 aromatic heterocycles. The summed E-state index contributed by atoms with van der Waals surface area (Å²) >= 11 is 1.29. The predicted molar refractivity (Wildman–Crippen MR) is 91.1 cm³/mol. The first-order valence-electron chi connectivity index (χ1n) is 7.34. The van der Waals surface area contributed by atoms with Crippen molar-refractivity contribution in [2.45, 2.75) is 11.9 Å². The van der Waals surface area contributed by atoms with Gasteiger partial charge >= 0.3 is 0 Å². The van der Waals surface area contributed by atoms with Crippen LogP contribution in [0.4, 0.5) is 5.69 Å². The van der Waals surface area contributed by atoms with Gasteiger partial charge in [0, 0.05) is 7.05 Å². The molecule has 1 N–H and O–H groups in total. The highest BCUT2D eigenvalue weighted by Gasteiger charge is 2.13. The lowest BCUT2D eigenvalue weighted by Crippen LogP contribution is -2.15. The van der Waals surface area contributed by atoms with E-state index in [0.717, 1.165) is 0 Å². The molecule has 3 rings (SSSR count). The Morgan fingerprint density at radius 3 is 3.00 bits per heavy atom. The smallest absolute Gasteiger partial charge is 0.234 e. The van der Waals surface area contributed by atoms with Crippen LogP contribution in [0.2, 0.25) is 0 Å². The van der Waals surface area contributed by atoms with Crippen LogP contribution in [0.15, 0.2) is 35.6 Å². The zero-order valence-electron chi connectivity index (χ0n) is 13.3. The molecule has 0 aliphatic heterocycles. The number of carbonyl (C=O) groups excluding carboxylic acids is 1. The number of ether oxygens (including phenoxy) is 1. The number of benzene rings is 1. The Morgan fingerprint density at radius 2 is 2.17 bits per heavy atom. The lowest BCUT2D eigenvalue weighted by Gasteiger charge is -2.10. The van der Waals surface area contributed by atoms with E-state index in [2.05, 4.69) is 25.6 Å². The van der Waals surface area contributed by atoms with Crippen molar-refractivity contribution in [2.24, 2.45) is 7.05 Å². The minimum atomic E-state index is -0.150.